The molecule has 1 N–H and O–H groups in total. The number of thiophene rings is 1. The number of furan rings is 1. The van der Waals surface area contributed by atoms with Gasteiger partial charge in [-0.25, -0.2) is 4.98 Å². The predicted octanol–water partition coefficient (Wildman–Crippen LogP) is 4.93. The molecule has 0 saturated heterocycles. The van der Waals surface area contributed by atoms with Gasteiger partial charge in [0.25, 0.3) is 11.8 Å². The summed E-state index contributed by atoms with van der Waals surface area (Å²) in [5.41, 5.74) is 5.26. The first-order valence-electron chi connectivity index (χ1n) is 11.4. The molecule has 0 atom stereocenters. The summed E-state index contributed by atoms with van der Waals surface area (Å²) in [5.74, 6) is 1.28. The van der Waals surface area contributed by atoms with E-state index in [0.29, 0.717) is 40.7 Å². The van der Waals surface area contributed by atoms with Gasteiger partial charge < -0.3 is 14.1 Å². The Morgan fingerprint density at radius 3 is 2.49 bits per heavy atom. The number of nitrogens with zero attached hydrogens (tertiary/aromatic N) is 4. The van der Waals surface area contributed by atoms with Crippen LogP contribution in [0.5, 0.6) is 5.75 Å². The smallest absolute Gasteiger partial charge is 0.275 e. The zero-order valence-corrected chi connectivity index (χ0v) is 22.4. The number of imide groups is 1. The van der Waals surface area contributed by atoms with Gasteiger partial charge in [0, 0.05) is 29.3 Å². The lowest BCUT2D eigenvalue weighted by Gasteiger charge is -2.17. The molecule has 0 radical (unpaired) electrons. The molecule has 0 unspecified atom stereocenters. The Morgan fingerprint density at radius 1 is 1.11 bits per heavy atom. The fourth-order valence-electron chi connectivity index (χ4n) is 3.86. The van der Waals surface area contributed by atoms with Crippen molar-refractivity contribution in [2.24, 2.45) is 0 Å². The predicted molar refractivity (Wildman–Crippen MR) is 146 cm³/mol. The zero-order chi connectivity index (χ0) is 25.4. The fourth-order valence-corrected chi connectivity index (χ4v) is 4.52. The van der Waals surface area contributed by atoms with Crippen LogP contribution in [0.15, 0.2) is 57.8 Å². The van der Waals surface area contributed by atoms with E-state index in [1.54, 1.807) is 6.92 Å². The molecule has 1 aliphatic rings. The van der Waals surface area contributed by atoms with Gasteiger partial charge in [0.2, 0.25) is 5.71 Å². The van der Waals surface area contributed by atoms with Crippen LogP contribution in [0.3, 0.4) is 0 Å². The number of halogens is 1. The number of hydrazine groups is 1. The Hall–Kier alpha value is -3.73. The van der Waals surface area contributed by atoms with E-state index in [1.165, 1.54) is 17.4 Å². The standard InChI is InChI=1S/C26H25N5O4S.ClH/c1-15-14-20(32)31(26(15)33)29-24-21-16(2)22(17-7-9-18(10-8-17)34-12-11-30(3)4)35-25(21)28-23(27-24)19-6-5-13-36-19;/h5-10,13-14H,11-12H2,1-4H3,(H,27,28,29);1H. The van der Waals surface area contributed by atoms with Crippen molar-refractivity contribution in [2.75, 3.05) is 32.7 Å². The minimum Gasteiger partial charge on any atom is -0.492 e. The van der Waals surface area contributed by atoms with E-state index in [4.69, 9.17) is 9.15 Å². The molecule has 0 aliphatic carbocycles. The molecule has 5 rings (SSSR count). The van der Waals surface area contributed by atoms with Crippen molar-refractivity contribution in [3.8, 4) is 27.8 Å². The molecule has 37 heavy (non-hydrogen) atoms. The highest BCUT2D eigenvalue weighted by atomic mass is 35.5. The topological polar surface area (TPSA) is 101 Å². The maximum absolute atomic E-state index is 12.5. The first kappa shape index (κ1) is 26.3. The van der Waals surface area contributed by atoms with Gasteiger partial charge in [-0.05, 0) is 63.7 Å². The zero-order valence-electron chi connectivity index (χ0n) is 20.8. The summed E-state index contributed by atoms with van der Waals surface area (Å²) in [5, 5.41) is 3.49. The molecular weight excluding hydrogens is 514 g/mol. The highest BCUT2D eigenvalue weighted by molar-refractivity contribution is 7.13. The second kappa shape index (κ2) is 10.7. The van der Waals surface area contributed by atoms with Crippen LogP contribution in [-0.2, 0) is 9.59 Å². The number of amides is 2. The lowest BCUT2D eigenvalue weighted by atomic mass is 10.1. The highest BCUT2D eigenvalue weighted by Crippen LogP contribution is 2.38. The SMILES string of the molecule is CC1=CC(=O)N(Nc2nc(-c3cccs3)nc3oc(-c4ccc(OCCN(C)C)cc4)c(C)c23)C1=O.Cl. The van der Waals surface area contributed by atoms with Crippen LogP contribution < -0.4 is 10.2 Å². The number of hydrogen-bond acceptors (Lipinski definition) is 9. The van der Waals surface area contributed by atoms with E-state index in [-0.39, 0.29) is 12.4 Å². The van der Waals surface area contributed by atoms with E-state index < -0.39 is 11.8 Å². The van der Waals surface area contributed by atoms with Gasteiger partial charge in [-0.3, -0.25) is 15.0 Å². The molecule has 0 bridgehead atoms. The van der Waals surface area contributed by atoms with Crippen LogP contribution in [0.1, 0.15) is 12.5 Å². The van der Waals surface area contributed by atoms with Gasteiger partial charge in [-0.1, -0.05) is 6.07 Å². The maximum Gasteiger partial charge on any atom is 0.275 e. The van der Waals surface area contributed by atoms with Gasteiger partial charge in [-0.15, -0.1) is 23.7 Å². The molecule has 2 amide bonds. The second-order valence-corrected chi connectivity index (χ2v) is 9.65. The Morgan fingerprint density at radius 2 is 1.86 bits per heavy atom. The number of carbonyl (C=O) groups is 2. The quantitative estimate of drug-likeness (QED) is 0.314. The molecular formula is C26H26ClN5O4S. The van der Waals surface area contributed by atoms with Crippen LogP contribution in [0.25, 0.3) is 33.1 Å². The molecule has 1 aliphatic heterocycles. The monoisotopic (exact) mass is 539 g/mol. The number of benzene rings is 1. The molecule has 9 nitrogen and oxygen atoms in total. The Bertz CT molecular complexity index is 1480. The van der Waals surface area contributed by atoms with Gasteiger partial charge in [0.1, 0.15) is 18.1 Å². The Kier molecular flexibility index (Phi) is 7.63. The summed E-state index contributed by atoms with van der Waals surface area (Å²) in [7, 11) is 4.00. The molecule has 1 aromatic carbocycles. The van der Waals surface area contributed by atoms with Gasteiger partial charge >= 0.3 is 0 Å². The average molecular weight is 540 g/mol. The number of carbonyl (C=O) groups excluding carboxylic acids is 2. The average Bonchev–Trinajstić information content (AvgIpc) is 3.55. The third kappa shape index (κ3) is 5.22. The molecule has 4 aromatic rings. The summed E-state index contributed by atoms with van der Waals surface area (Å²) in [6.45, 7) is 4.92. The Labute approximate surface area is 224 Å². The van der Waals surface area contributed by atoms with Crippen LogP contribution >= 0.6 is 23.7 Å². The number of fused-ring (bicyclic) bond motifs is 1. The van der Waals surface area contributed by atoms with Crippen molar-refractivity contribution in [1.29, 1.82) is 0 Å². The number of hydrogen-bond donors (Lipinski definition) is 1. The van der Waals surface area contributed by atoms with E-state index in [2.05, 4.69) is 20.3 Å². The summed E-state index contributed by atoms with van der Waals surface area (Å²) in [6, 6.07) is 11.5. The lowest BCUT2D eigenvalue weighted by molar-refractivity contribution is -0.135. The molecule has 192 valence electrons. The molecule has 0 fully saturated rings. The highest BCUT2D eigenvalue weighted by Gasteiger charge is 2.31. The molecule has 3 aromatic heterocycles. The third-order valence-corrected chi connectivity index (χ3v) is 6.64. The fraction of sp³-hybridized carbons (Fsp3) is 0.231. The van der Waals surface area contributed by atoms with Crippen LogP contribution in [-0.4, -0.2) is 58.9 Å². The van der Waals surface area contributed by atoms with Crippen LogP contribution in [0.4, 0.5) is 5.82 Å². The van der Waals surface area contributed by atoms with Crippen LogP contribution in [0.2, 0.25) is 0 Å². The minimum absolute atomic E-state index is 0. The van der Waals surface area contributed by atoms with E-state index in [9.17, 15) is 9.59 Å². The summed E-state index contributed by atoms with van der Waals surface area (Å²) in [6.07, 6.45) is 1.30. The number of aromatic nitrogens is 2. The molecule has 4 heterocycles. The normalized spacial score (nSPS) is 13.3. The number of rotatable bonds is 8. The van der Waals surface area contributed by atoms with Crippen molar-refractivity contribution in [3.63, 3.8) is 0 Å². The first-order valence-corrected chi connectivity index (χ1v) is 12.3. The number of ether oxygens (including phenoxy) is 1. The minimum atomic E-state index is -0.451. The number of aryl methyl sites for hydroxylation is 1. The summed E-state index contributed by atoms with van der Waals surface area (Å²) in [4.78, 5) is 37.1. The lowest BCUT2D eigenvalue weighted by Crippen LogP contribution is -2.36. The van der Waals surface area contributed by atoms with Crippen molar-refractivity contribution < 1.29 is 18.7 Å². The van der Waals surface area contributed by atoms with Crippen molar-refractivity contribution in [3.05, 3.63) is 59.0 Å². The van der Waals surface area contributed by atoms with Crippen molar-refractivity contribution >= 4 is 52.5 Å². The number of nitrogens with one attached hydrogen (secondary N) is 1. The largest absolute Gasteiger partial charge is 0.492 e. The second-order valence-electron chi connectivity index (χ2n) is 8.70. The van der Waals surface area contributed by atoms with Crippen molar-refractivity contribution in [1.82, 2.24) is 19.9 Å². The third-order valence-electron chi connectivity index (χ3n) is 5.77. The van der Waals surface area contributed by atoms with Crippen LogP contribution in [0, 0.1) is 6.92 Å². The summed E-state index contributed by atoms with van der Waals surface area (Å²) >= 11 is 1.49. The van der Waals surface area contributed by atoms with E-state index in [0.717, 1.165) is 33.3 Å². The Balaban J connectivity index is 0.00000320. The number of anilines is 1. The van der Waals surface area contributed by atoms with E-state index in [1.807, 2.05) is 62.8 Å². The number of likely N-dealkylation sites (N-methyl/N-ethyl adjacent to an activating group) is 1. The van der Waals surface area contributed by atoms with Gasteiger partial charge in [0.05, 0.1) is 10.3 Å². The first-order chi connectivity index (χ1) is 17.3. The van der Waals surface area contributed by atoms with Gasteiger partial charge in [0.15, 0.2) is 11.6 Å². The summed E-state index contributed by atoms with van der Waals surface area (Å²) < 4.78 is 12.0. The molecule has 11 heteroatoms. The maximum atomic E-state index is 12.5. The van der Waals surface area contributed by atoms with E-state index >= 15 is 0 Å². The van der Waals surface area contributed by atoms with Gasteiger partial charge in [-0.2, -0.15) is 9.99 Å². The molecule has 0 saturated carbocycles. The van der Waals surface area contributed by atoms with Crippen molar-refractivity contribution in [2.45, 2.75) is 13.8 Å². The molecule has 0 spiro atoms.